The van der Waals surface area contributed by atoms with Crippen molar-refractivity contribution in [3.8, 4) is 0 Å². The summed E-state index contributed by atoms with van der Waals surface area (Å²) >= 11 is 1.88. The fourth-order valence-electron chi connectivity index (χ4n) is 2.54. The maximum Gasteiger partial charge on any atom is 0.0445 e. The molecule has 88 valence electrons. The molecule has 0 aromatic carbocycles. The molecule has 0 saturated heterocycles. The van der Waals surface area contributed by atoms with Gasteiger partial charge in [-0.25, -0.2) is 0 Å². The van der Waals surface area contributed by atoms with Gasteiger partial charge >= 0.3 is 0 Å². The first-order valence-electron chi connectivity index (χ1n) is 6.18. The number of rotatable bonds is 5. The van der Waals surface area contributed by atoms with Gasteiger partial charge in [-0.1, -0.05) is 31.1 Å². The zero-order valence-electron chi connectivity index (χ0n) is 10.0. The molecule has 2 rings (SSSR count). The van der Waals surface area contributed by atoms with Crippen molar-refractivity contribution in [2.75, 3.05) is 6.54 Å². The SMILES string of the molecule is C=C(C)CNC(c1cccs1)C1CCCC1. The van der Waals surface area contributed by atoms with Crippen LogP contribution in [0.15, 0.2) is 29.7 Å². The van der Waals surface area contributed by atoms with Gasteiger partial charge in [-0.05, 0) is 37.1 Å². The highest BCUT2D eigenvalue weighted by Crippen LogP contribution is 2.37. The zero-order chi connectivity index (χ0) is 11.4. The molecule has 0 radical (unpaired) electrons. The molecule has 1 heterocycles. The highest BCUT2D eigenvalue weighted by atomic mass is 32.1. The van der Waals surface area contributed by atoms with Crippen LogP contribution in [0.25, 0.3) is 0 Å². The molecular formula is C14H21NS. The van der Waals surface area contributed by atoms with E-state index in [2.05, 4.69) is 36.3 Å². The summed E-state index contributed by atoms with van der Waals surface area (Å²) in [7, 11) is 0. The fraction of sp³-hybridized carbons (Fsp3) is 0.571. The normalized spacial score (nSPS) is 18.8. The number of thiophene rings is 1. The minimum Gasteiger partial charge on any atom is -0.305 e. The lowest BCUT2D eigenvalue weighted by Crippen LogP contribution is -2.27. The van der Waals surface area contributed by atoms with Crippen molar-refractivity contribution in [2.45, 2.75) is 38.6 Å². The monoisotopic (exact) mass is 235 g/mol. The van der Waals surface area contributed by atoms with Gasteiger partial charge in [0.15, 0.2) is 0 Å². The molecule has 2 heteroatoms. The standard InChI is InChI=1S/C14H21NS/c1-11(2)10-15-14(12-6-3-4-7-12)13-8-5-9-16-13/h5,8-9,12,14-15H,1,3-4,6-7,10H2,2H3. The predicted molar refractivity (Wildman–Crippen MR) is 71.8 cm³/mol. The lowest BCUT2D eigenvalue weighted by molar-refractivity contribution is 0.382. The number of hydrogen-bond acceptors (Lipinski definition) is 2. The largest absolute Gasteiger partial charge is 0.305 e. The average Bonchev–Trinajstić information content (AvgIpc) is 2.88. The van der Waals surface area contributed by atoms with Crippen LogP contribution in [0.1, 0.15) is 43.5 Å². The molecular weight excluding hydrogens is 214 g/mol. The molecule has 1 nitrogen and oxygen atoms in total. The minimum absolute atomic E-state index is 0.555. The molecule has 0 aliphatic heterocycles. The van der Waals surface area contributed by atoms with E-state index in [1.807, 2.05) is 11.3 Å². The highest BCUT2D eigenvalue weighted by molar-refractivity contribution is 7.10. The van der Waals surface area contributed by atoms with Crippen LogP contribution in [0.4, 0.5) is 0 Å². The fourth-order valence-corrected chi connectivity index (χ4v) is 3.44. The van der Waals surface area contributed by atoms with Gasteiger partial charge in [0.2, 0.25) is 0 Å². The van der Waals surface area contributed by atoms with Crippen LogP contribution in [0.2, 0.25) is 0 Å². The zero-order valence-corrected chi connectivity index (χ0v) is 10.9. The Hall–Kier alpha value is -0.600. The Balaban J connectivity index is 2.03. The minimum atomic E-state index is 0.555. The van der Waals surface area contributed by atoms with Crippen molar-refractivity contribution in [3.63, 3.8) is 0 Å². The van der Waals surface area contributed by atoms with Gasteiger partial charge in [0.25, 0.3) is 0 Å². The van der Waals surface area contributed by atoms with E-state index >= 15 is 0 Å². The molecule has 1 N–H and O–H groups in total. The Morgan fingerprint density at radius 2 is 2.31 bits per heavy atom. The van der Waals surface area contributed by atoms with E-state index in [0.717, 1.165) is 12.5 Å². The van der Waals surface area contributed by atoms with Crippen molar-refractivity contribution >= 4 is 11.3 Å². The molecule has 1 aromatic rings. The molecule has 1 saturated carbocycles. The maximum atomic E-state index is 3.98. The third-order valence-electron chi connectivity index (χ3n) is 3.34. The van der Waals surface area contributed by atoms with Crippen LogP contribution in [-0.2, 0) is 0 Å². The van der Waals surface area contributed by atoms with E-state index in [9.17, 15) is 0 Å². The molecule has 16 heavy (non-hydrogen) atoms. The smallest absolute Gasteiger partial charge is 0.0445 e. The van der Waals surface area contributed by atoms with Gasteiger partial charge in [0.05, 0.1) is 0 Å². The summed E-state index contributed by atoms with van der Waals surface area (Å²) in [5.74, 6) is 0.831. The predicted octanol–water partition coefficient (Wildman–Crippen LogP) is 4.15. The van der Waals surface area contributed by atoms with Crippen LogP contribution in [-0.4, -0.2) is 6.54 Å². The molecule has 1 atom stereocenters. The molecule has 1 aromatic heterocycles. The quantitative estimate of drug-likeness (QED) is 0.756. The Labute approximate surface area is 103 Å². The van der Waals surface area contributed by atoms with Gasteiger partial charge in [-0.15, -0.1) is 11.3 Å². The number of nitrogens with one attached hydrogen (secondary N) is 1. The van der Waals surface area contributed by atoms with E-state index in [1.54, 1.807) is 0 Å². The lowest BCUT2D eigenvalue weighted by atomic mass is 9.96. The van der Waals surface area contributed by atoms with E-state index in [0.29, 0.717) is 6.04 Å². The van der Waals surface area contributed by atoms with Crippen molar-refractivity contribution in [1.82, 2.24) is 5.32 Å². The highest BCUT2D eigenvalue weighted by Gasteiger charge is 2.26. The van der Waals surface area contributed by atoms with Gasteiger partial charge in [-0.3, -0.25) is 0 Å². The van der Waals surface area contributed by atoms with Crippen LogP contribution in [0.5, 0.6) is 0 Å². The molecule has 1 aliphatic carbocycles. The van der Waals surface area contributed by atoms with Crippen LogP contribution >= 0.6 is 11.3 Å². The molecule has 0 bridgehead atoms. The van der Waals surface area contributed by atoms with E-state index < -0.39 is 0 Å². The third kappa shape index (κ3) is 2.96. The Kier molecular flexibility index (Phi) is 4.19. The molecule has 0 amide bonds. The molecule has 1 aliphatic rings. The first-order chi connectivity index (χ1) is 7.77. The van der Waals surface area contributed by atoms with Crippen molar-refractivity contribution in [3.05, 3.63) is 34.5 Å². The van der Waals surface area contributed by atoms with E-state index in [1.165, 1.54) is 36.1 Å². The molecule has 0 spiro atoms. The topological polar surface area (TPSA) is 12.0 Å². The van der Waals surface area contributed by atoms with Gasteiger partial charge < -0.3 is 5.32 Å². The van der Waals surface area contributed by atoms with E-state index in [4.69, 9.17) is 0 Å². The Morgan fingerprint density at radius 1 is 1.56 bits per heavy atom. The summed E-state index contributed by atoms with van der Waals surface area (Å²) in [5, 5.41) is 5.85. The second-order valence-corrected chi connectivity index (χ2v) is 5.85. The maximum absolute atomic E-state index is 3.98. The van der Waals surface area contributed by atoms with Gasteiger partial charge in [0.1, 0.15) is 0 Å². The third-order valence-corrected chi connectivity index (χ3v) is 4.30. The Morgan fingerprint density at radius 3 is 2.88 bits per heavy atom. The van der Waals surface area contributed by atoms with Crippen molar-refractivity contribution < 1.29 is 0 Å². The van der Waals surface area contributed by atoms with Crippen molar-refractivity contribution in [2.24, 2.45) is 5.92 Å². The number of hydrogen-bond donors (Lipinski definition) is 1. The summed E-state index contributed by atoms with van der Waals surface area (Å²) in [6.45, 7) is 7.01. The van der Waals surface area contributed by atoms with Crippen LogP contribution in [0, 0.1) is 5.92 Å². The van der Waals surface area contributed by atoms with E-state index in [-0.39, 0.29) is 0 Å². The van der Waals surface area contributed by atoms with Gasteiger partial charge in [-0.2, -0.15) is 0 Å². The second kappa shape index (κ2) is 5.65. The Bertz CT molecular complexity index is 323. The summed E-state index contributed by atoms with van der Waals surface area (Å²) in [6.07, 6.45) is 5.57. The lowest BCUT2D eigenvalue weighted by Gasteiger charge is -2.24. The first kappa shape index (κ1) is 11.9. The second-order valence-electron chi connectivity index (χ2n) is 4.88. The molecule has 1 unspecified atom stereocenters. The first-order valence-corrected chi connectivity index (χ1v) is 7.06. The summed E-state index contributed by atoms with van der Waals surface area (Å²) in [4.78, 5) is 1.49. The molecule has 1 fully saturated rings. The average molecular weight is 235 g/mol. The summed E-state index contributed by atoms with van der Waals surface area (Å²) < 4.78 is 0. The van der Waals surface area contributed by atoms with Crippen molar-refractivity contribution in [1.29, 1.82) is 0 Å². The summed E-state index contributed by atoms with van der Waals surface area (Å²) in [5.41, 5.74) is 1.22. The van der Waals surface area contributed by atoms with Gasteiger partial charge in [0, 0.05) is 17.5 Å². The van der Waals surface area contributed by atoms with Crippen LogP contribution in [0.3, 0.4) is 0 Å². The summed E-state index contributed by atoms with van der Waals surface area (Å²) in [6, 6.07) is 4.97. The van der Waals surface area contributed by atoms with Crippen LogP contribution < -0.4 is 5.32 Å².